The van der Waals surface area contributed by atoms with E-state index in [0.29, 0.717) is 0 Å². The molecule has 0 saturated heterocycles. The number of carbonyl (C=O) groups excluding carboxylic acids is 1. The van der Waals surface area contributed by atoms with Crippen molar-refractivity contribution >= 4 is 5.78 Å². The smallest absolute Gasteiger partial charge is 0.188 e. The summed E-state index contributed by atoms with van der Waals surface area (Å²) in [6.45, 7) is 2.17. The zero-order valence-electron chi connectivity index (χ0n) is 7.50. The van der Waals surface area contributed by atoms with E-state index >= 15 is 0 Å². The Hall–Kier alpha value is -0.830. The lowest BCUT2D eigenvalue weighted by Crippen LogP contribution is -2.15. The van der Waals surface area contributed by atoms with Gasteiger partial charge in [0, 0.05) is 25.5 Å². The summed E-state index contributed by atoms with van der Waals surface area (Å²) in [4.78, 5) is 11.2. The fourth-order valence-electron chi connectivity index (χ4n) is 1.12. The number of hydrogen-bond acceptors (Lipinski definition) is 3. The average Bonchev–Trinajstić information content (AvgIpc) is 2.07. The molecule has 3 heteroatoms. The maximum atomic E-state index is 11.2. The van der Waals surface area contributed by atoms with E-state index in [1.165, 1.54) is 0 Å². The molecule has 1 aliphatic rings. The highest BCUT2D eigenvalue weighted by Crippen LogP contribution is 2.20. The van der Waals surface area contributed by atoms with Gasteiger partial charge in [-0.15, -0.1) is 0 Å². The molecule has 3 nitrogen and oxygen atoms in total. The summed E-state index contributed by atoms with van der Waals surface area (Å²) in [5.74, 6) is 1.06. The van der Waals surface area contributed by atoms with Gasteiger partial charge in [-0.05, 0) is 6.42 Å². The first kappa shape index (κ1) is 9.26. The predicted molar refractivity (Wildman–Crippen MR) is 44.4 cm³/mol. The number of ketones is 1. The van der Waals surface area contributed by atoms with Crippen LogP contribution in [0.1, 0.15) is 19.8 Å². The Kier molecular flexibility index (Phi) is 3.29. The zero-order chi connectivity index (χ0) is 8.97. The fourth-order valence-corrected chi connectivity index (χ4v) is 1.12. The monoisotopic (exact) mass is 170 g/mol. The van der Waals surface area contributed by atoms with Gasteiger partial charge in [0.25, 0.3) is 0 Å². The molecule has 0 aromatic carbocycles. The van der Waals surface area contributed by atoms with Gasteiger partial charge in [-0.1, -0.05) is 6.92 Å². The summed E-state index contributed by atoms with van der Waals surface area (Å²) in [5.41, 5.74) is 0. The minimum Gasteiger partial charge on any atom is -0.472 e. The Balaban J connectivity index is 2.45. The molecule has 1 unspecified atom stereocenters. The number of ether oxygens (including phenoxy) is 2. The Morgan fingerprint density at radius 3 is 3.00 bits per heavy atom. The summed E-state index contributed by atoms with van der Waals surface area (Å²) in [5, 5.41) is 0. The summed E-state index contributed by atoms with van der Waals surface area (Å²) >= 11 is 0. The molecular formula is C9H14O3. The molecule has 1 aliphatic carbocycles. The molecule has 12 heavy (non-hydrogen) atoms. The van der Waals surface area contributed by atoms with Crippen molar-refractivity contribution < 1.29 is 14.3 Å². The van der Waals surface area contributed by atoms with Crippen LogP contribution in [0.5, 0.6) is 0 Å². The van der Waals surface area contributed by atoms with Crippen molar-refractivity contribution in [2.24, 2.45) is 5.92 Å². The van der Waals surface area contributed by atoms with Gasteiger partial charge in [0.1, 0.15) is 5.76 Å². The van der Waals surface area contributed by atoms with Crippen LogP contribution < -0.4 is 0 Å². The predicted octanol–water partition coefficient (Wildman–Crippen LogP) is 1.49. The second-order valence-electron chi connectivity index (χ2n) is 3.00. The molecule has 0 aromatic heterocycles. The lowest BCUT2D eigenvalue weighted by atomic mass is 9.94. The minimum absolute atomic E-state index is 0.153. The van der Waals surface area contributed by atoms with Gasteiger partial charge in [-0.25, -0.2) is 0 Å². The van der Waals surface area contributed by atoms with Crippen LogP contribution in [0.2, 0.25) is 0 Å². The van der Waals surface area contributed by atoms with Gasteiger partial charge >= 0.3 is 0 Å². The number of allylic oxidation sites excluding steroid dienone is 2. The molecule has 0 amide bonds. The van der Waals surface area contributed by atoms with Crippen molar-refractivity contribution in [1.82, 2.24) is 0 Å². The summed E-state index contributed by atoms with van der Waals surface area (Å²) in [6.07, 6.45) is 3.30. The Bertz CT molecular complexity index is 196. The third-order valence-electron chi connectivity index (χ3n) is 1.97. The number of methoxy groups -OCH3 is 1. The summed E-state index contributed by atoms with van der Waals surface area (Å²) in [7, 11) is 1.56. The third kappa shape index (κ3) is 2.34. The van der Waals surface area contributed by atoms with E-state index in [-0.39, 0.29) is 18.5 Å². The van der Waals surface area contributed by atoms with E-state index in [1.807, 2.05) is 6.92 Å². The molecule has 0 aliphatic heterocycles. The Labute approximate surface area is 72.4 Å². The molecule has 1 rings (SSSR count). The van der Waals surface area contributed by atoms with E-state index in [1.54, 1.807) is 13.2 Å². The second-order valence-corrected chi connectivity index (χ2v) is 3.00. The lowest BCUT2D eigenvalue weighted by molar-refractivity contribution is -0.119. The molecule has 0 heterocycles. The van der Waals surface area contributed by atoms with Crippen molar-refractivity contribution in [2.75, 3.05) is 13.9 Å². The topological polar surface area (TPSA) is 35.5 Å². The first-order valence-electron chi connectivity index (χ1n) is 4.10. The van der Waals surface area contributed by atoms with Crippen LogP contribution >= 0.6 is 0 Å². The van der Waals surface area contributed by atoms with Crippen LogP contribution in [0.25, 0.3) is 0 Å². The largest absolute Gasteiger partial charge is 0.472 e. The molecule has 0 bridgehead atoms. The first-order chi connectivity index (χ1) is 5.74. The van der Waals surface area contributed by atoms with Crippen molar-refractivity contribution in [3.63, 3.8) is 0 Å². The van der Waals surface area contributed by atoms with Crippen LogP contribution in [0.15, 0.2) is 11.8 Å². The zero-order valence-corrected chi connectivity index (χ0v) is 7.50. The van der Waals surface area contributed by atoms with Crippen LogP contribution in [-0.2, 0) is 14.3 Å². The van der Waals surface area contributed by atoms with Crippen molar-refractivity contribution in [3.05, 3.63) is 11.8 Å². The SMILES string of the molecule is COCOC1=CC(=O)C(C)CC1. The molecule has 0 radical (unpaired) electrons. The summed E-state index contributed by atoms with van der Waals surface area (Å²) < 4.78 is 9.90. The normalized spacial score (nSPS) is 23.7. The maximum absolute atomic E-state index is 11.2. The van der Waals surface area contributed by atoms with E-state index in [4.69, 9.17) is 9.47 Å². The summed E-state index contributed by atoms with van der Waals surface area (Å²) in [6, 6.07) is 0. The molecule has 1 atom stereocenters. The Morgan fingerprint density at radius 1 is 1.67 bits per heavy atom. The van der Waals surface area contributed by atoms with Crippen molar-refractivity contribution in [2.45, 2.75) is 19.8 Å². The van der Waals surface area contributed by atoms with Gasteiger partial charge in [0.05, 0.1) is 0 Å². The molecule has 0 fully saturated rings. The number of hydrogen-bond donors (Lipinski definition) is 0. The minimum atomic E-state index is 0.153. The van der Waals surface area contributed by atoms with Gasteiger partial charge in [-0.3, -0.25) is 4.79 Å². The van der Waals surface area contributed by atoms with E-state index in [2.05, 4.69) is 0 Å². The molecule has 0 N–H and O–H groups in total. The molecule has 0 saturated carbocycles. The average molecular weight is 170 g/mol. The van der Waals surface area contributed by atoms with E-state index < -0.39 is 0 Å². The Morgan fingerprint density at radius 2 is 2.42 bits per heavy atom. The van der Waals surface area contributed by atoms with Crippen LogP contribution in [-0.4, -0.2) is 19.7 Å². The van der Waals surface area contributed by atoms with Gasteiger partial charge in [0.15, 0.2) is 12.6 Å². The lowest BCUT2D eigenvalue weighted by Gasteiger charge is -2.17. The molecule has 0 aromatic rings. The highest BCUT2D eigenvalue weighted by atomic mass is 16.7. The van der Waals surface area contributed by atoms with Gasteiger partial charge in [0.2, 0.25) is 0 Å². The van der Waals surface area contributed by atoms with E-state index in [9.17, 15) is 4.79 Å². The quantitative estimate of drug-likeness (QED) is 0.602. The van der Waals surface area contributed by atoms with Crippen molar-refractivity contribution in [3.8, 4) is 0 Å². The highest BCUT2D eigenvalue weighted by Gasteiger charge is 2.18. The third-order valence-corrected chi connectivity index (χ3v) is 1.97. The van der Waals surface area contributed by atoms with Gasteiger partial charge < -0.3 is 9.47 Å². The number of rotatable bonds is 3. The van der Waals surface area contributed by atoms with Crippen LogP contribution in [0, 0.1) is 5.92 Å². The van der Waals surface area contributed by atoms with Crippen LogP contribution in [0.3, 0.4) is 0 Å². The van der Waals surface area contributed by atoms with E-state index in [0.717, 1.165) is 18.6 Å². The van der Waals surface area contributed by atoms with Gasteiger partial charge in [-0.2, -0.15) is 0 Å². The van der Waals surface area contributed by atoms with Crippen LogP contribution in [0.4, 0.5) is 0 Å². The fraction of sp³-hybridized carbons (Fsp3) is 0.667. The molecule has 68 valence electrons. The molecular weight excluding hydrogens is 156 g/mol. The van der Waals surface area contributed by atoms with Crippen molar-refractivity contribution in [1.29, 1.82) is 0 Å². The second kappa shape index (κ2) is 4.26. The maximum Gasteiger partial charge on any atom is 0.188 e. The molecule has 0 spiro atoms. The first-order valence-corrected chi connectivity index (χ1v) is 4.10. The standard InChI is InChI=1S/C9H14O3/c1-7-3-4-8(5-9(7)10)12-6-11-2/h5,7H,3-4,6H2,1-2H3. The highest BCUT2D eigenvalue weighted by molar-refractivity contribution is 5.92. The number of carbonyl (C=O) groups is 1.